The first kappa shape index (κ1) is 17.9. The molecule has 0 fully saturated rings. The molecular weight excluding hydrogens is 328 g/mol. The number of benzene rings is 2. The molecule has 0 aromatic heterocycles. The first-order chi connectivity index (χ1) is 11.9. The van der Waals surface area contributed by atoms with Crippen molar-refractivity contribution in [2.24, 2.45) is 0 Å². The van der Waals surface area contributed by atoms with Crippen LogP contribution in [-0.4, -0.2) is 40.1 Å². The fourth-order valence-corrected chi connectivity index (χ4v) is 2.05. The van der Waals surface area contributed by atoms with Crippen molar-refractivity contribution in [2.45, 2.75) is 6.29 Å². The number of amides is 1. The molecule has 0 bridgehead atoms. The van der Waals surface area contributed by atoms with Gasteiger partial charge in [-0.25, -0.2) is 4.79 Å². The molecule has 0 heterocycles. The third-order valence-electron chi connectivity index (χ3n) is 3.15. The topological polar surface area (TPSA) is 140 Å². The van der Waals surface area contributed by atoms with E-state index in [1.165, 1.54) is 36.4 Å². The molecule has 0 aliphatic heterocycles. The summed E-state index contributed by atoms with van der Waals surface area (Å²) in [5.41, 5.74) is 0.179. The molecule has 0 atom stereocenters. The molecular formula is C17H14N2O6. The van der Waals surface area contributed by atoms with Crippen LogP contribution in [0.15, 0.2) is 42.5 Å². The zero-order valence-electron chi connectivity index (χ0n) is 12.8. The van der Waals surface area contributed by atoms with Gasteiger partial charge in [0, 0.05) is 5.69 Å². The Morgan fingerprint density at radius 2 is 1.84 bits per heavy atom. The van der Waals surface area contributed by atoms with Gasteiger partial charge in [-0.05, 0) is 30.3 Å². The maximum absolute atomic E-state index is 12.3. The Balaban J connectivity index is 2.22. The lowest BCUT2D eigenvalue weighted by Crippen LogP contribution is -2.17. The van der Waals surface area contributed by atoms with Gasteiger partial charge in [0.2, 0.25) is 0 Å². The van der Waals surface area contributed by atoms with Crippen LogP contribution in [-0.2, 0) is 0 Å². The molecule has 0 radical (unpaired) electrons. The van der Waals surface area contributed by atoms with Crippen LogP contribution >= 0.6 is 0 Å². The standard InChI is InChI=1S/C17H14N2O6/c18-8-10-7-11(5-6-14(10)25-9-15(20)21)19-16(22)12-3-1-2-4-13(12)17(23)24/h1-7,15,20-21H,9H2,(H,19,22)(H,23,24). The van der Waals surface area contributed by atoms with Crippen molar-refractivity contribution in [1.29, 1.82) is 5.26 Å². The number of carbonyl (C=O) groups is 2. The fraction of sp³-hybridized carbons (Fsp3) is 0.118. The average molecular weight is 342 g/mol. The second-order valence-corrected chi connectivity index (χ2v) is 4.92. The van der Waals surface area contributed by atoms with Gasteiger partial charge >= 0.3 is 5.97 Å². The summed E-state index contributed by atoms with van der Waals surface area (Å²) in [4.78, 5) is 23.5. The fourth-order valence-electron chi connectivity index (χ4n) is 2.05. The SMILES string of the molecule is N#Cc1cc(NC(=O)c2ccccc2C(=O)O)ccc1OCC(O)O. The van der Waals surface area contributed by atoms with E-state index in [4.69, 9.17) is 25.3 Å². The van der Waals surface area contributed by atoms with Crippen molar-refractivity contribution in [3.8, 4) is 11.8 Å². The molecule has 0 aliphatic carbocycles. The highest BCUT2D eigenvalue weighted by Crippen LogP contribution is 2.23. The Morgan fingerprint density at radius 3 is 2.44 bits per heavy atom. The number of aliphatic hydroxyl groups excluding tert-OH is 1. The lowest BCUT2D eigenvalue weighted by molar-refractivity contribution is -0.0681. The number of nitrogens with one attached hydrogen (secondary N) is 1. The van der Waals surface area contributed by atoms with Crippen molar-refractivity contribution < 1.29 is 29.6 Å². The number of aromatic carboxylic acids is 1. The Labute approximate surface area is 142 Å². The van der Waals surface area contributed by atoms with E-state index in [0.29, 0.717) is 0 Å². The van der Waals surface area contributed by atoms with Crippen molar-refractivity contribution >= 4 is 17.6 Å². The van der Waals surface area contributed by atoms with Crippen molar-refractivity contribution in [1.82, 2.24) is 0 Å². The van der Waals surface area contributed by atoms with Gasteiger partial charge < -0.3 is 25.4 Å². The highest BCUT2D eigenvalue weighted by molar-refractivity contribution is 6.10. The van der Waals surface area contributed by atoms with Crippen LogP contribution < -0.4 is 10.1 Å². The van der Waals surface area contributed by atoms with E-state index in [2.05, 4.69) is 5.32 Å². The number of aliphatic hydroxyl groups is 2. The van der Waals surface area contributed by atoms with E-state index in [0.717, 1.165) is 0 Å². The van der Waals surface area contributed by atoms with Crippen LogP contribution in [0.25, 0.3) is 0 Å². The highest BCUT2D eigenvalue weighted by atomic mass is 16.5. The molecule has 0 saturated carbocycles. The predicted octanol–water partition coefficient (Wildman–Crippen LogP) is 1.20. The van der Waals surface area contributed by atoms with Gasteiger partial charge in [0.05, 0.1) is 16.7 Å². The van der Waals surface area contributed by atoms with Gasteiger partial charge in [-0.1, -0.05) is 12.1 Å². The summed E-state index contributed by atoms with van der Waals surface area (Å²) in [5.74, 6) is -1.74. The molecule has 0 aliphatic rings. The minimum Gasteiger partial charge on any atom is -0.487 e. The van der Waals surface area contributed by atoms with Gasteiger partial charge in [0.1, 0.15) is 18.4 Å². The zero-order chi connectivity index (χ0) is 18.4. The number of hydrogen-bond donors (Lipinski definition) is 4. The minimum atomic E-state index is -1.68. The second-order valence-electron chi connectivity index (χ2n) is 4.92. The second kappa shape index (κ2) is 7.92. The predicted molar refractivity (Wildman–Crippen MR) is 86.2 cm³/mol. The monoisotopic (exact) mass is 342 g/mol. The van der Waals surface area contributed by atoms with Crippen molar-refractivity contribution in [3.05, 3.63) is 59.2 Å². The summed E-state index contributed by atoms with van der Waals surface area (Å²) < 4.78 is 5.07. The number of rotatable bonds is 6. The molecule has 8 heteroatoms. The molecule has 1 amide bonds. The quantitative estimate of drug-likeness (QED) is 0.578. The summed E-state index contributed by atoms with van der Waals surface area (Å²) in [7, 11) is 0. The van der Waals surface area contributed by atoms with Crippen LogP contribution in [0.3, 0.4) is 0 Å². The number of nitrogens with zero attached hydrogens (tertiary/aromatic N) is 1. The number of hydrogen-bond acceptors (Lipinski definition) is 6. The Bertz CT molecular complexity index is 841. The number of carboxylic acid groups (broad SMARTS) is 1. The van der Waals surface area contributed by atoms with Gasteiger partial charge in [0.15, 0.2) is 6.29 Å². The van der Waals surface area contributed by atoms with Gasteiger partial charge in [0.25, 0.3) is 5.91 Å². The van der Waals surface area contributed by atoms with Crippen LogP contribution in [0.1, 0.15) is 26.3 Å². The van der Waals surface area contributed by atoms with E-state index in [9.17, 15) is 9.59 Å². The Hall–Kier alpha value is -3.41. The molecule has 0 saturated heterocycles. The summed E-state index contributed by atoms with van der Waals surface area (Å²) in [6.07, 6.45) is -1.68. The normalized spacial score (nSPS) is 10.2. The van der Waals surface area contributed by atoms with Crippen molar-refractivity contribution in [3.63, 3.8) is 0 Å². The lowest BCUT2D eigenvalue weighted by atomic mass is 10.1. The summed E-state index contributed by atoms with van der Waals surface area (Å²) in [6.45, 7) is -0.410. The number of carboxylic acids is 1. The smallest absolute Gasteiger partial charge is 0.336 e. The van der Waals surface area contributed by atoms with E-state index >= 15 is 0 Å². The molecule has 8 nitrogen and oxygen atoms in total. The Kier molecular flexibility index (Phi) is 5.68. The zero-order valence-corrected chi connectivity index (χ0v) is 12.8. The average Bonchev–Trinajstić information content (AvgIpc) is 2.60. The molecule has 2 aromatic carbocycles. The number of carbonyl (C=O) groups excluding carboxylic acids is 1. The largest absolute Gasteiger partial charge is 0.487 e. The van der Waals surface area contributed by atoms with E-state index in [1.54, 1.807) is 6.07 Å². The summed E-state index contributed by atoms with van der Waals surface area (Å²) in [6, 6.07) is 11.8. The molecule has 128 valence electrons. The van der Waals surface area contributed by atoms with Crippen molar-refractivity contribution in [2.75, 3.05) is 11.9 Å². The molecule has 2 aromatic rings. The summed E-state index contributed by atoms with van der Waals surface area (Å²) >= 11 is 0. The first-order valence-corrected chi connectivity index (χ1v) is 7.09. The van der Waals surface area contributed by atoms with Crippen LogP contribution in [0.4, 0.5) is 5.69 Å². The van der Waals surface area contributed by atoms with Crippen LogP contribution in [0, 0.1) is 11.3 Å². The Morgan fingerprint density at radius 1 is 1.16 bits per heavy atom. The lowest BCUT2D eigenvalue weighted by Gasteiger charge is -2.11. The van der Waals surface area contributed by atoms with E-state index in [1.807, 2.05) is 6.07 Å². The maximum atomic E-state index is 12.3. The third-order valence-corrected chi connectivity index (χ3v) is 3.15. The molecule has 4 N–H and O–H groups in total. The number of anilines is 1. The molecule has 25 heavy (non-hydrogen) atoms. The van der Waals surface area contributed by atoms with E-state index in [-0.39, 0.29) is 28.1 Å². The van der Waals surface area contributed by atoms with E-state index < -0.39 is 24.8 Å². The summed E-state index contributed by atoms with van der Waals surface area (Å²) in [5, 5.41) is 38.3. The number of ether oxygens (including phenoxy) is 1. The molecule has 2 rings (SSSR count). The van der Waals surface area contributed by atoms with Crippen LogP contribution in [0.5, 0.6) is 5.75 Å². The van der Waals surface area contributed by atoms with Gasteiger partial charge in [-0.3, -0.25) is 4.79 Å². The highest BCUT2D eigenvalue weighted by Gasteiger charge is 2.16. The minimum absolute atomic E-state index is 0.0164. The van der Waals surface area contributed by atoms with Gasteiger partial charge in [-0.2, -0.15) is 5.26 Å². The maximum Gasteiger partial charge on any atom is 0.336 e. The van der Waals surface area contributed by atoms with Gasteiger partial charge in [-0.15, -0.1) is 0 Å². The first-order valence-electron chi connectivity index (χ1n) is 7.09. The molecule has 0 unspecified atom stereocenters. The third kappa shape index (κ3) is 4.54. The molecule has 0 spiro atoms. The van der Waals surface area contributed by atoms with Crippen LogP contribution in [0.2, 0.25) is 0 Å². The number of nitriles is 1.